The van der Waals surface area contributed by atoms with Crippen LogP contribution in [-0.2, 0) is 0 Å². The van der Waals surface area contributed by atoms with Crippen molar-refractivity contribution in [1.82, 2.24) is 20.2 Å². The van der Waals surface area contributed by atoms with E-state index in [9.17, 15) is 9.90 Å². The first kappa shape index (κ1) is 23.9. The molecule has 11 heteroatoms. The third-order valence-corrected chi connectivity index (χ3v) is 8.15. The Morgan fingerprint density at radius 1 is 1.20 bits per heavy atom. The van der Waals surface area contributed by atoms with Crippen molar-refractivity contribution in [2.75, 3.05) is 19.0 Å². The van der Waals surface area contributed by atoms with Crippen molar-refractivity contribution in [3.8, 4) is 22.1 Å². The molecule has 3 aliphatic carbocycles. The van der Waals surface area contributed by atoms with Crippen molar-refractivity contribution in [3.05, 3.63) is 40.9 Å². The van der Waals surface area contributed by atoms with Gasteiger partial charge in [-0.3, -0.25) is 15.1 Å². The number of aryl methyl sites for hydroxylation is 1. The van der Waals surface area contributed by atoms with Gasteiger partial charge in [-0.25, -0.2) is 4.98 Å². The summed E-state index contributed by atoms with van der Waals surface area (Å²) >= 11 is 7.28. The lowest BCUT2D eigenvalue weighted by atomic mass is 9.31. The van der Waals surface area contributed by atoms with E-state index in [-0.39, 0.29) is 16.0 Å². The van der Waals surface area contributed by atoms with Crippen LogP contribution in [0.15, 0.2) is 24.5 Å². The largest absolute Gasteiger partial charge is 0.494 e. The third-order valence-electron chi connectivity index (χ3n) is 7.20. The van der Waals surface area contributed by atoms with Crippen molar-refractivity contribution in [2.24, 2.45) is 10.8 Å². The first-order chi connectivity index (χ1) is 16.5. The fourth-order valence-corrected chi connectivity index (χ4v) is 6.00. The Labute approximate surface area is 211 Å². The highest BCUT2D eigenvalue weighted by Gasteiger charge is 2.72. The number of halogens is 1. The van der Waals surface area contributed by atoms with Gasteiger partial charge in [0, 0.05) is 33.8 Å². The van der Waals surface area contributed by atoms with E-state index in [4.69, 9.17) is 21.1 Å². The molecule has 0 aliphatic heterocycles. The molecular formula is C24H26ClN5O4S. The van der Waals surface area contributed by atoms with Crippen LogP contribution in [0, 0.1) is 17.8 Å². The van der Waals surface area contributed by atoms with E-state index < -0.39 is 11.5 Å². The van der Waals surface area contributed by atoms with Crippen LogP contribution in [0.25, 0.3) is 11.1 Å². The molecule has 0 atom stereocenters. The molecule has 0 unspecified atom stereocenters. The maximum Gasteiger partial charge on any atom is 0.295 e. The number of nitrogens with zero attached hydrogens (tertiary/aromatic N) is 4. The molecule has 6 rings (SSSR count). The highest BCUT2D eigenvalue weighted by Crippen LogP contribution is 2.76. The second kappa shape index (κ2) is 8.39. The van der Waals surface area contributed by atoms with E-state index in [1.54, 1.807) is 12.1 Å². The van der Waals surface area contributed by atoms with Crippen molar-refractivity contribution < 1.29 is 19.4 Å². The molecule has 3 saturated carbocycles. The summed E-state index contributed by atoms with van der Waals surface area (Å²) in [6.07, 6.45) is 5.89. The molecular weight excluding hydrogens is 490 g/mol. The first-order valence-electron chi connectivity index (χ1n) is 11.2. The average Bonchev–Trinajstić information content (AvgIpc) is 3.17. The summed E-state index contributed by atoms with van der Waals surface area (Å²) in [5.74, 6) is 0.0948. The molecule has 3 heterocycles. The van der Waals surface area contributed by atoms with Gasteiger partial charge in [-0.1, -0.05) is 16.7 Å². The molecule has 3 aromatic rings. The van der Waals surface area contributed by atoms with E-state index in [1.165, 1.54) is 30.8 Å². The van der Waals surface area contributed by atoms with Crippen molar-refractivity contribution in [3.63, 3.8) is 0 Å². The number of nitrogens with one attached hydrogen (secondary N) is 1. The minimum Gasteiger partial charge on any atom is -0.494 e. The number of ether oxygens (including phenoxy) is 2. The molecule has 1 amide bonds. The van der Waals surface area contributed by atoms with Gasteiger partial charge in [0.2, 0.25) is 5.13 Å². The molecule has 3 aliphatic rings. The topological polar surface area (TPSA) is 119 Å². The van der Waals surface area contributed by atoms with Gasteiger partial charge in [-0.2, -0.15) is 0 Å². The van der Waals surface area contributed by atoms with Crippen LogP contribution in [0.5, 0.6) is 10.9 Å². The van der Waals surface area contributed by atoms with Crippen LogP contribution in [0.4, 0.5) is 5.13 Å². The summed E-state index contributed by atoms with van der Waals surface area (Å²) in [5, 5.41) is 22.2. The Hall–Kier alpha value is -2.82. The highest BCUT2D eigenvalue weighted by atomic mass is 35.5. The zero-order valence-corrected chi connectivity index (χ0v) is 21.5. The molecule has 9 nitrogen and oxygen atoms in total. The predicted octanol–water partition coefficient (Wildman–Crippen LogP) is 4.54. The fourth-order valence-electron chi connectivity index (χ4n) is 5.25. The van der Waals surface area contributed by atoms with E-state index in [0.29, 0.717) is 39.4 Å². The molecule has 0 spiro atoms. The van der Waals surface area contributed by atoms with Crippen LogP contribution in [0.3, 0.4) is 0 Å². The molecule has 0 aromatic carbocycles. The Bertz CT molecular complexity index is 1290. The number of carbonyl (C=O) groups excluding carboxylic acids is 1. The fraction of sp³-hybridized carbons (Fsp3) is 0.458. The van der Waals surface area contributed by atoms with Gasteiger partial charge >= 0.3 is 0 Å². The second-order valence-electron chi connectivity index (χ2n) is 10.1. The van der Waals surface area contributed by atoms with Crippen molar-refractivity contribution in [1.29, 1.82) is 0 Å². The molecule has 2 N–H and O–H groups in total. The highest BCUT2D eigenvalue weighted by molar-refractivity contribution is 7.17. The van der Waals surface area contributed by atoms with Gasteiger partial charge in [-0.05, 0) is 63.5 Å². The smallest absolute Gasteiger partial charge is 0.295 e. The lowest BCUT2D eigenvalue weighted by molar-refractivity contribution is -0.294. The Balaban J connectivity index is 1.28. The number of anilines is 1. The normalized spacial score (nSPS) is 22.7. The summed E-state index contributed by atoms with van der Waals surface area (Å²) in [5.41, 5.74) is 1.79. The minimum absolute atomic E-state index is 0.0259. The number of aromatic nitrogens is 4. The summed E-state index contributed by atoms with van der Waals surface area (Å²) < 4.78 is 11.3. The number of pyridine rings is 2. The molecule has 184 valence electrons. The summed E-state index contributed by atoms with van der Waals surface area (Å²) in [6.45, 7) is 6.13. The summed E-state index contributed by atoms with van der Waals surface area (Å²) in [6, 6.07) is 3.44. The first-order valence-corrected chi connectivity index (χ1v) is 12.4. The molecule has 2 bridgehead atoms. The Kier molecular flexibility index (Phi) is 5.73. The lowest BCUT2D eigenvalue weighted by Gasteiger charge is -2.74. The maximum atomic E-state index is 13.2. The summed E-state index contributed by atoms with van der Waals surface area (Å²) in [4.78, 5) is 21.5. The van der Waals surface area contributed by atoms with E-state index in [1.807, 2.05) is 20.8 Å². The monoisotopic (exact) mass is 515 g/mol. The number of methoxy groups -OCH3 is 1. The van der Waals surface area contributed by atoms with Crippen LogP contribution in [-0.4, -0.2) is 50.5 Å². The van der Waals surface area contributed by atoms with Crippen LogP contribution in [0.1, 0.15) is 49.2 Å². The van der Waals surface area contributed by atoms with E-state index in [0.717, 1.165) is 25.0 Å². The minimum atomic E-state index is -0.662. The van der Waals surface area contributed by atoms with Gasteiger partial charge in [0.25, 0.3) is 11.1 Å². The quantitative estimate of drug-likeness (QED) is 0.420. The zero-order valence-electron chi connectivity index (χ0n) is 19.9. The number of rotatable bonds is 8. The Morgan fingerprint density at radius 2 is 1.94 bits per heavy atom. The number of hydrogen-bond acceptors (Lipinski definition) is 9. The zero-order chi connectivity index (χ0) is 25.0. The molecule has 3 aromatic heterocycles. The van der Waals surface area contributed by atoms with Crippen molar-refractivity contribution >= 4 is 34.0 Å². The molecule has 35 heavy (non-hydrogen) atoms. The van der Waals surface area contributed by atoms with Crippen LogP contribution >= 0.6 is 22.9 Å². The number of amides is 1. The maximum absolute atomic E-state index is 13.2. The van der Waals surface area contributed by atoms with Gasteiger partial charge in [0.05, 0.1) is 31.1 Å². The van der Waals surface area contributed by atoms with Gasteiger partial charge in [-0.15, -0.1) is 5.10 Å². The predicted molar refractivity (Wildman–Crippen MR) is 132 cm³/mol. The van der Waals surface area contributed by atoms with Crippen LogP contribution in [0.2, 0.25) is 5.15 Å². The summed E-state index contributed by atoms with van der Waals surface area (Å²) in [7, 11) is 1.53. The van der Waals surface area contributed by atoms with Gasteiger partial charge < -0.3 is 14.6 Å². The molecule has 0 radical (unpaired) electrons. The van der Waals surface area contributed by atoms with Crippen LogP contribution < -0.4 is 14.8 Å². The number of aliphatic hydroxyl groups is 1. The molecule has 0 saturated heterocycles. The average molecular weight is 516 g/mol. The number of carbonyl (C=O) groups is 1. The standard InChI is InChI=1S/C24H26ClN5O4S/c1-13-5-14(15-6-18(25)27-8-17(15)33-4)16(7-26-13)19(31)28-20-29-30-21(35-20)34-12-23-9-24(10-23,11-23)22(2,3)32/h5-8,32H,9-12H2,1-4H3,(H,28,29,31). The second-order valence-corrected chi connectivity index (χ2v) is 11.4. The Morgan fingerprint density at radius 3 is 2.63 bits per heavy atom. The van der Waals surface area contributed by atoms with Gasteiger partial charge in [0.15, 0.2) is 0 Å². The molecule has 3 fully saturated rings. The van der Waals surface area contributed by atoms with Crippen molar-refractivity contribution in [2.45, 2.75) is 45.6 Å². The van der Waals surface area contributed by atoms with E-state index in [2.05, 4.69) is 25.5 Å². The van der Waals surface area contributed by atoms with E-state index >= 15 is 0 Å². The third kappa shape index (κ3) is 4.23. The number of hydrogen-bond donors (Lipinski definition) is 2. The lowest BCUT2D eigenvalue weighted by Crippen LogP contribution is -2.71. The SMILES string of the molecule is COc1cnc(Cl)cc1-c1cc(C)ncc1C(=O)Nc1nnc(OCC23CC(C(C)(C)O)(C2)C3)s1. The van der Waals surface area contributed by atoms with Gasteiger partial charge in [0.1, 0.15) is 10.9 Å².